The van der Waals surface area contributed by atoms with Crippen molar-refractivity contribution in [3.8, 4) is 0 Å². The fraction of sp³-hybridized carbons (Fsp3) is 0.312. The van der Waals surface area contributed by atoms with Crippen LogP contribution in [-0.2, 0) is 4.74 Å². The lowest BCUT2D eigenvalue weighted by atomic mass is 10.2. The van der Waals surface area contributed by atoms with Gasteiger partial charge in [0.1, 0.15) is 11.5 Å². The maximum absolute atomic E-state index is 14.1. The summed E-state index contributed by atoms with van der Waals surface area (Å²) in [5.74, 6) is -0.733. The first-order valence-electron chi connectivity index (χ1n) is 7.42. The third-order valence-corrected chi connectivity index (χ3v) is 4.12. The van der Waals surface area contributed by atoms with Crippen molar-refractivity contribution < 1.29 is 13.9 Å². The number of anilines is 2. The molecule has 1 saturated heterocycles. The molecule has 3 rings (SSSR count). The fourth-order valence-electron chi connectivity index (χ4n) is 2.46. The summed E-state index contributed by atoms with van der Waals surface area (Å²) in [5.41, 5.74) is 1.21. The summed E-state index contributed by atoms with van der Waals surface area (Å²) in [5, 5.41) is 5.70. The zero-order chi connectivity index (χ0) is 16.2. The molecular weight excluding hydrogens is 365 g/mol. The summed E-state index contributed by atoms with van der Waals surface area (Å²) in [6, 6.07) is 6.23. The molecule has 1 aromatic carbocycles. The molecule has 1 atom stereocenters. The van der Waals surface area contributed by atoms with Crippen LogP contribution in [0.2, 0.25) is 0 Å². The third kappa shape index (κ3) is 4.11. The number of ether oxygens (including phenoxy) is 1. The van der Waals surface area contributed by atoms with Crippen molar-refractivity contribution in [3.63, 3.8) is 0 Å². The minimum atomic E-state index is -0.409. The van der Waals surface area contributed by atoms with Crippen LogP contribution in [0.3, 0.4) is 0 Å². The van der Waals surface area contributed by atoms with Crippen LogP contribution in [0.5, 0.6) is 0 Å². The summed E-state index contributed by atoms with van der Waals surface area (Å²) >= 11 is 3.26. The van der Waals surface area contributed by atoms with E-state index in [1.54, 1.807) is 24.4 Å². The number of nitrogens with one attached hydrogen (secondary N) is 3. The Morgan fingerprint density at radius 3 is 2.96 bits per heavy atom. The Morgan fingerprint density at radius 2 is 2.30 bits per heavy atom. The molecule has 0 bridgehead atoms. The number of aromatic amines is 1. The Hall–Kier alpha value is -1.86. The number of hydrogen-bond acceptors (Lipinski definition) is 3. The summed E-state index contributed by atoms with van der Waals surface area (Å²) in [6.07, 6.45) is 3.84. The molecule has 1 unspecified atom stereocenters. The monoisotopic (exact) mass is 381 g/mol. The number of hydrogen-bond donors (Lipinski definition) is 3. The number of rotatable bonds is 5. The van der Waals surface area contributed by atoms with Crippen LogP contribution in [0.1, 0.15) is 23.3 Å². The largest absolute Gasteiger partial charge is 0.380 e. The third-order valence-electron chi connectivity index (χ3n) is 3.66. The molecule has 3 N–H and O–H groups in total. The van der Waals surface area contributed by atoms with Gasteiger partial charge >= 0.3 is 0 Å². The van der Waals surface area contributed by atoms with Gasteiger partial charge in [0.2, 0.25) is 0 Å². The Bertz CT molecular complexity index is 698. The average Bonchev–Trinajstić information content (AvgIpc) is 3.18. The highest BCUT2D eigenvalue weighted by molar-refractivity contribution is 9.10. The van der Waals surface area contributed by atoms with Gasteiger partial charge < -0.3 is 20.4 Å². The van der Waals surface area contributed by atoms with E-state index in [-0.39, 0.29) is 12.0 Å². The lowest BCUT2D eigenvalue weighted by Crippen LogP contribution is -2.19. The van der Waals surface area contributed by atoms with Gasteiger partial charge in [-0.2, -0.15) is 0 Å². The van der Waals surface area contributed by atoms with E-state index in [0.717, 1.165) is 23.9 Å². The maximum Gasteiger partial charge on any atom is 0.272 e. The number of amides is 1. The Kier molecular flexibility index (Phi) is 4.97. The van der Waals surface area contributed by atoms with Crippen LogP contribution in [0, 0.1) is 5.82 Å². The van der Waals surface area contributed by atoms with Crippen molar-refractivity contribution in [1.82, 2.24) is 4.98 Å². The van der Waals surface area contributed by atoms with Crippen molar-refractivity contribution >= 4 is 33.2 Å². The molecule has 0 radical (unpaired) electrons. The lowest BCUT2D eigenvalue weighted by Gasteiger charge is -2.13. The van der Waals surface area contributed by atoms with E-state index in [1.807, 2.05) is 0 Å². The molecule has 7 heteroatoms. The number of halogens is 2. The predicted octanol–water partition coefficient (Wildman–Crippen LogP) is 3.76. The average molecular weight is 382 g/mol. The van der Waals surface area contributed by atoms with Crippen molar-refractivity contribution in [1.29, 1.82) is 0 Å². The van der Waals surface area contributed by atoms with Crippen LogP contribution >= 0.6 is 15.9 Å². The molecule has 1 aliphatic rings. The second kappa shape index (κ2) is 7.14. The first-order valence-corrected chi connectivity index (χ1v) is 8.21. The van der Waals surface area contributed by atoms with Gasteiger partial charge in [-0.25, -0.2) is 4.39 Å². The van der Waals surface area contributed by atoms with Gasteiger partial charge in [0.05, 0.1) is 11.8 Å². The minimum absolute atomic E-state index is 0.139. The second-order valence-corrected chi connectivity index (χ2v) is 6.31. The Balaban J connectivity index is 1.60. The van der Waals surface area contributed by atoms with Gasteiger partial charge in [-0.1, -0.05) is 0 Å². The van der Waals surface area contributed by atoms with Crippen LogP contribution in [0.4, 0.5) is 15.8 Å². The first-order chi connectivity index (χ1) is 11.1. The molecule has 1 aromatic heterocycles. The molecule has 0 saturated carbocycles. The first kappa shape index (κ1) is 16.0. The molecule has 1 amide bonds. The second-order valence-electron chi connectivity index (χ2n) is 5.40. The van der Waals surface area contributed by atoms with Crippen molar-refractivity contribution in [2.24, 2.45) is 0 Å². The van der Waals surface area contributed by atoms with Crippen LogP contribution in [-0.4, -0.2) is 30.1 Å². The molecule has 23 heavy (non-hydrogen) atoms. The van der Waals surface area contributed by atoms with Crippen LogP contribution in [0.15, 0.2) is 34.9 Å². The highest BCUT2D eigenvalue weighted by Crippen LogP contribution is 2.21. The normalized spacial score (nSPS) is 17.2. The van der Waals surface area contributed by atoms with Crippen LogP contribution in [0.25, 0.3) is 0 Å². The van der Waals surface area contributed by atoms with E-state index in [2.05, 4.69) is 31.5 Å². The molecule has 5 nitrogen and oxygen atoms in total. The summed E-state index contributed by atoms with van der Waals surface area (Å²) < 4.78 is 20.4. The molecule has 122 valence electrons. The van der Waals surface area contributed by atoms with E-state index in [1.165, 1.54) is 6.07 Å². The van der Waals surface area contributed by atoms with Crippen molar-refractivity contribution in [3.05, 3.63) is 46.4 Å². The lowest BCUT2D eigenvalue weighted by molar-refractivity contribution is 0.102. The topological polar surface area (TPSA) is 66.2 Å². The summed E-state index contributed by atoms with van der Waals surface area (Å²) in [4.78, 5) is 14.8. The zero-order valence-corrected chi connectivity index (χ0v) is 14.0. The van der Waals surface area contributed by atoms with Crippen LogP contribution < -0.4 is 10.6 Å². The fourth-order valence-corrected chi connectivity index (χ4v) is 2.81. The summed E-state index contributed by atoms with van der Waals surface area (Å²) in [7, 11) is 0. The van der Waals surface area contributed by atoms with Gasteiger partial charge in [-0.3, -0.25) is 4.79 Å². The van der Waals surface area contributed by atoms with Gasteiger partial charge in [-0.15, -0.1) is 0 Å². The molecule has 1 fully saturated rings. The smallest absolute Gasteiger partial charge is 0.272 e. The highest BCUT2D eigenvalue weighted by atomic mass is 79.9. The van der Waals surface area contributed by atoms with Gasteiger partial charge in [0.25, 0.3) is 5.91 Å². The molecule has 0 spiro atoms. The van der Waals surface area contributed by atoms with E-state index in [0.29, 0.717) is 23.6 Å². The number of benzene rings is 1. The van der Waals surface area contributed by atoms with Gasteiger partial charge in [-0.05, 0) is 53.0 Å². The molecule has 2 aromatic rings. The molecule has 1 aliphatic heterocycles. The summed E-state index contributed by atoms with van der Waals surface area (Å²) in [6.45, 7) is 1.35. The standard InChI is InChI=1S/C16H17BrFN3O2/c17-10-6-15(19-8-10)16(22)21-11-3-4-14(13(18)7-11)20-9-12-2-1-5-23-12/h3-4,6-8,12,19-20H,1-2,5,9H2,(H,21,22). The number of carbonyl (C=O) groups is 1. The molecule has 2 heterocycles. The highest BCUT2D eigenvalue weighted by Gasteiger charge is 2.16. The SMILES string of the molecule is O=C(Nc1ccc(NCC2CCCO2)c(F)c1)c1cc(Br)c[nH]1. The van der Waals surface area contributed by atoms with Crippen molar-refractivity contribution in [2.75, 3.05) is 23.8 Å². The number of aromatic nitrogens is 1. The molecule has 0 aliphatic carbocycles. The Morgan fingerprint density at radius 1 is 1.43 bits per heavy atom. The number of H-pyrrole nitrogens is 1. The van der Waals surface area contributed by atoms with Crippen molar-refractivity contribution in [2.45, 2.75) is 18.9 Å². The van der Waals surface area contributed by atoms with Gasteiger partial charge in [0.15, 0.2) is 0 Å². The Labute approximate surface area is 141 Å². The maximum atomic E-state index is 14.1. The molecular formula is C16H17BrFN3O2. The predicted molar refractivity (Wildman–Crippen MR) is 90.3 cm³/mol. The minimum Gasteiger partial charge on any atom is -0.380 e. The van der Waals surface area contributed by atoms with E-state index >= 15 is 0 Å². The quantitative estimate of drug-likeness (QED) is 0.738. The van der Waals surface area contributed by atoms with E-state index < -0.39 is 5.82 Å². The number of carbonyl (C=O) groups excluding carboxylic acids is 1. The van der Waals surface area contributed by atoms with E-state index in [4.69, 9.17) is 4.74 Å². The van der Waals surface area contributed by atoms with E-state index in [9.17, 15) is 9.18 Å². The zero-order valence-electron chi connectivity index (χ0n) is 12.4. The van der Waals surface area contributed by atoms with Gasteiger partial charge in [0, 0.05) is 29.5 Å².